The third-order valence-electron chi connectivity index (χ3n) is 6.17. The molecule has 1 fully saturated rings. The molecule has 1 atom stereocenters. The van der Waals surface area contributed by atoms with Crippen LogP contribution in [0.25, 0.3) is 4.83 Å². The number of likely N-dealkylation sites (tertiary alicyclic amines) is 1. The Hall–Kier alpha value is -3.19. The summed E-state index contributed by atoms with van der Waals surface area (Å²) in [4.78, 5) is 26.0. The van der Waals surface area contributed by atoms with Crippen molar-refractivity contribution in [1.29, 1.82) is 0 Å². The predicted octanol–water partition coefficient (Wildman–Crippen LogP) is 5.07. The summed E-state index contributed by atoms with van der Waals surface area (Å²) >= 11 is 1.68. The number of aromatic nitrogens is 3. The summed E-state index contributed by atoms with van der Waals surface area (Å²) in [5.74, 6) is 1.85. The number of hydrogen-bond donors (Lipinski definition) is 0. The van der Waals surface area contributed by atoms with Crippen LogP contribution in [0.1, 0.15) is 58.4 Å². The molecule has 5 rings (SSSR count). The minimum atomic E-state index is 0.00635. The number of methoxy groups -OCH3 is 1. The minimum Gasteiger partial charge on any atom is -0.496 e. The van der Waals surface area contributed by atoms with Crippen molar-refractivity contribution in [2.75, 3.05) is 13.7 Å². The fourth-order valence-corrected chi connectivity index (χ4v) is 5.46. The summed E-state index contributed by atoms with van der Waals surface area (Å²) in [7, 11) is 1.68. The lowest BCUT2D eigenvalue weighted by Gasteiger charge is -2.35. The summed E-state index contributed by atoms with van der Waals surface area (Å²) in [5.41, 5.74) is 3.63. The van der Waals surface area contributed by atoms with Crippen LogP contribution in [-0.2, 0) is 6.42 Å². The van der Waals surface area contributed by atoms with E-state index in [2.05, 4.69) is 14.8 Å². The Bertz CT molecular complexity index is 1240. The molecule has 4 heterocycles. The highest BCUT2D eigenvalue weighted by molar-refractivity contribution is 7.15. The molecule has 32 heavy (non-hydrogen) atoms. The first-order valence-electron chi connectivity index (χ1n) is 11.0. The molecule has 0 saturated carbocycles. The number of benzene rings is 1. The molecule has 1 aliphatic heterocycles. The number of ether oxygens (including phenoxy) is 1. The Morgan fingerprint density at radius 1 is 1.22 bits per heavy atom. The molecule has 7 heteroatoms. The van der Waals surface area contributed by atoms with Gasteiger partial charge >= 0.3 is 0 Å². The second kappa shape index (κ2) is 8.74. The average Bonchev–Trinajstić information content (AvgIpc) is 3.44. The van der Waals surface area contributed by atoms with Crippen LogP contribution in [0.15, 0.2) is 54.2 Å². The van der Waals surface area contributed by atoms with Crippen molar-refractivity contribution in [1.82, 2.24) is 19.3 Å². The molecule has 1 aliphatic rings. The molecule has 4 aromatic rings. The monoisotopic (exact) mass is 446 g/mol. The molecular weight excluding hydrogens is 420 g/mol. The van der Waals surface area contributed by atoms with E-state index >= 15 is 0 Å². The van der Waals surface area contributed by atoms with Gasteiger partial charge in [-0.3, -0.25) is 14.2 Å². The average molecular weight is 447 g/mol. The molecule has 1 aromatic carbocycles. The molecule has 0 N–H and O–H groups in total. The normalized spacial score (nSPS) is 16.4. The van der Waals surface area contributed by atoms with Crippen molar-refractivity contribution in [3.8, 4) is 5.75 Å². The maximum atomic E-state index is 13.5. The molecule has 6 nitrogen and oxygen atoms in total. The van der Waals surface area contributed by atoms with E-state index in [1.165, 1.54) is 0 Å². The molecule has 0 bridgehead atoms. The zero-order valence-electron chi connectivity index (χ0n) is 18.3. The van der Waals surface area contributed by atoms with Crippen LogP contribution >= 0.6 is 11.3 Å². The summed E-state index contributed by atoms with van der Waals surface area (Å²) < 4.78 is 7.56. The number of para-hydroxylation sites is 1. The molecule has 1 amide bonds. The van der Waals surface area contributed by atoms with E-state index in [0.717, 1.165) is 59.2 Å². The molecule has 3 aromatic heterocycles. The number of pyridine rings is 1. The third kappa shape index (κ3) is 3.77. The fraction of sp³-hybridized carbons (Fsp3) is 0.320. The third-order valence-corrected chi connectivity index (χ3v) is 7.06. The topological polar surface area (TPSA) is 59.7 Å². The van der Waals surface area contributed by atoms with E-state index in [1.807, 2.05) is 54.4 Å². The van der Waals surface area contributed by atoms with Gasteiger partial charge in [-0.15, -0.1) is 11.3 Å². The Morgan fingerprint density at radius 3 is 2.91 bits per heavy atom. The Labute approximate surface area is 191 Å². The van der Waals surface area contributed by atoms with Gasteiger partial charge in [-0.1, -0.05) is 18.2 Å². The lowest BCUT2D eigenvalue weighted by Crippen LogP contribution is -2.38. The van der Waals surface area contributed by atoms with Crippen LogP contribution in [0.3, 0.4) is 0 Å². The molecule has 164 valence electrons. The van der Waals surface area contributed by atoms with E-state index < -0.39 is 0 Å². The van der Waals surface area contributed by atoms with Crippen LogP contribution < -0.4 is 4.74 Å². The van der Waals surface area contributed by atoms with Crippen LogP contribution in [0.2, 0.25) is 0 Å². The molecule has 0 aliphatic carbocycles. The van der Waals surface area contributed by atoms with Crippen molar-refractivity contribution >= 4 is 22.1 Å². The standard InChI is InChI=1S/C25H26N4O2S/c1-17-27-23(25-28(17)13-14-32-25)21-8-5-6-12-29(21)24(30)19-10-11-20(26-16-19)15-18-7-3-4-9-22(18)31-2/h3-4,7,9-11,13-14,16,21H,5-6,8,12,15H2,1-2H3/t21-/m0/s1. The van der Waals surface area contributed by atoms with Crippen molar-refractivity contribution < 1.29 is 9.53 Å². The fourth-order valence-electron chi connectivity index (χ4n) is 4.54. The number of carbonyl (C=O) groups is 1. The summed E-state index contributed by atoms with van der Waals surface area (Å²) in [6.07, 6.45) is 7.48. The van der Waals surface area contributed by atoms with E-state index in [-0.39, 0.29) is 11.9 Å². The van der Waals surface area contributed by atoms with Crippen molar-refractivity contribution in [3.63, 3.8) is 0 Å². The summed E-state index contributed by atoms with van der Waals surface area (Å²) in [6, 6.07) is 11.8. The zero-order valence-corrected chi connectivity index (χ0v) is 19.1. The van der Waals surface area contributed by atoms with Crippen LogP contribution in [0.5, 0.6) is 5.75 Å². The van der Waals surface area contributed by atoms with Gasteiger partial charge in [0.05, 0.1) is 24.4 Å². The Balaban J connectivity index is 1.38. The van der Waals surface area contributed by atoms with E-state index in [0.29, 0.717) is 12.0 Å². The largest absolute Gasteiger partial charge is 0.496 e. The second-order valence-electron chi connectivity index (χ2n) is 8.16. The number of piperidine rings is 1. The summed E-state index contributed by atoms with van der Waals surface area (Å²) in [5, 5.41) is 2.08. The van der Waals surface area contributed by atoms with Gasteiger partial charge in [-0.2, -0.15) is 0 Å². The van der Waals surface area contributed by atoms with Gasteiger partial charge < -0.3 is 9.64 Å². The molecular formula is C25H26N4O2S. The number of fused-ring (bicyclic) bond motifs is 1. The zero-order chi connectivity index (χ0) is 22.1. The molecule has 0 unspecified atom stereocenters. The number of amides is 1. The lowest BCUT2D eigenvalue weighted by molar-refractivity contribution is 0.0608. The maximum absolute atomic E-state index is 13.5. The van der Waals surface area contributed by atoms with E-state index in [1.54, 1.807) is 24.6 Å². The number of rotatable bonds is 5. The number of imidazole rings is 1. The highest BCUT2D eigenvalue weighted by atomic mass is 32.1. The van der Waals surface area contributed by atoms with Crippen molar-refractivity contribution in [2.45, 2.75) is 38.6 Å². The number of carbonyl (C=O) groups excluding carboxylic acids is 1. The van der Waals surface area contributed by atoms with Crippen LogP contribution in [-0.4, -0.2) is 38.8 Å². The number of thiazole rings is 1. The van der Waals surface area contributed by atoms with Crippen LogP contribution in [0.4, 0.5) is 0 Å². The van der Waals surface area contributed by atoms with Gasteiger partial charge in [0, 0.05) is 42.0 Å². The number of hydrogen-bond acceptors (Lipinski definition) is 5. The molecule has 0 spiro atoms. The van der Waals surface area contributed by atoms with E-state index in [9.17, 15) is 4.79 Å². The Morgan fingerprint density at radius 2 is 2.09 bits per heavy atom. The molecule has 1 saturated heterocycles. The first-order valence-corrected chi connectivity index (χ1v) is 11.8. The Kier molecular flexibility index (Phi) is 5.66. The van der Waals surface area contributed by atoms with Gasteiger partial charge in [0.15, 0.2) is 0 Å². The molecule has 0 radical (unpaired) electrons. The van der Waals surface area contributed by atoms with Crippen molar-refractivity contribution in [3.05, 3.63) is 82.5 Å². The van der Waals surface area contributed by atoms with Gasteiger partial charge in [-0.25, -0.2) is 4.98 Å². The highest BCUT2D eigenvalue weighted by Gasteiger charge is 2.32. The van der Waals surface area contributed by atoms with Gasteiger partial charge in [0.1, 0.15) is 16.4 Å². The predicted molar refractivity (Wildman–Crippen MR) is 125 cm³/mol. The first kappa shape index (κ1) is 20.7. The van der Waals surface area contributed by atoms with Gasteiger partial charge in [0.25, 0.3) is 5.91 Å². The lowest BCUT2D eigenvalue weighted by atomic mass is 9.98. The smallest absolute Gasteiger partial charge is 0.255 e. The highest BCUT2D eigenvalue weighted by Crippen LogP contribution is 2.35. The maximum Gasteiger partial charge on any atom is 0.255 e. The minimum absolute atomic E-state index is 0.00635. The number of nitrogens with zero attached hydrogens (tertiary/aromatic N) is 4. The quantitative estimate of drug-likeness (QED) is 0.430. The van der Waals surface area contributed by atoms with Crippen molar-refractivity contribution in [2.24, 2.45) is 0 Å². The number of aryl methyl sites for hydroxylation is 1. The summed E-state index contributed by atoms with van der Waals surface area (Å²) in [6.45, 7) is 2.76. The van der Waals surface area contributed by atoms with Gasteiger partial charge in [0.2, 0.25) is 0 Å². The second-order valence-corrected chi connectivity index (χ2v) is 9.05. The SMILES string of the molecule is COc1ccccc1Cc1ccc(C(=O)N2CCCC[C@H]2c2nc(C)n3ccsc23)cn1. The van der Waals surface area contributed by atoms with E-state index in [4.69, 9.17) is 9.72 Å². The first-order chi connectivity index (χ1) is 15.7. The van der Waals surface area contributed by atoms with Gasteiger partial charge in [-0.05, 0) is 44.4 Å². The van der Waals surface area contributed by atoms with Crippen LogP contribution in [0, 0.1) is 6.92 Å².